The summed E-state index contributed by atoms with van der Waals surface area (Å²) in [6, 6.07) is 13.6. The van der Waals surface area contributed by atoms with Crippen LogP contribution in [0.15, 0.2) is 42.5 Å². The van der Waals surface area contributed by atoms with Crippen LogP contribution in [0.25, 0.3) is 0 Å². The first-order valence-corrected chi connectivity index (χ1v) is 9.44. The molecule has 0 aliphatic carbocycles. The van der Waals surface area contributed by atoms with Gasteiger partial charge < -0.3 is 19.9 Å². The third-order valence-electron chi connectivity index (χ3n) is 5.31. The van der Waals surface area contributed by atoms with Gasteiger partial charge in [-0.15, -0.1) is 0 Å². The van der Waals surface area contributed by atoms with Crippen molar-refractivity contribution in [3.8, 4) is 11.5 Å². The van der Waals surface area contributed by atoms with Crippen molar-refractivity contribution >= 4 is 12.1 Å². The Hall–Kier alpha value is -2.57. The number of ether oxygens (including phenoxy) is 2. The number of carbonyl (C=O) groups is 1. The van der Waals surface area contributed by atoms with Crippen molar-refractivity contribution in [3.05, 3.63) is 53.6 Å². The first-order chi connectivity index (χ1) is 13.3. The number of hydrogen-bond donors (Lipinski definition) is 2. The number of phenolic OH excluding ortho intramolecular Hbond substituents is 1. The summed E-state index contributed by atoms with van der Waals surface area (Å²) in [6.45, 7) is 7.08. The van der Waals surface area contributed by atoms with E-state index in [4.69, 9.17) is 9.47 Å². The summed E-state index contributed by atoms with van der Waals surface area (Å²) in [5, 5.41) is 12.4. The third-order valence-corrected chi connectivity index (χ3v) is 5.31. The lowest BCUT2D eigenvalue weighted by atomic mass is 10.0. The SMILES string of the molecule is COc1ccc(C[C@H](C)N2C[C@H](c3ccc(O)c(NC=O)c3)OC2(C)C)cc1. The monoisotopic (exact) mass is 384 g/mol. The quantitative estimate of drug-likeness (QED) is 0.562. The molecule has 0 unspecified atom stereocenters. The largest absolute Gasteiger partial charge is 0.506 e. The highest BCUT2D eigenvalue weighted by molar-refractivity contribution is 5.75. The fourth-order valence-electron chi connectivity index (χ4n) is 3.88. The summed E-state index contributed by atoms with van der Waals surface area (Å²) < 4.78 is 11.6. The summed E-state index contributed by atoms with van der Waals surface area (Å²) in [5.74, 6) is 0.895. The number of nitrogens with one attached hydrogen (secondary N) is 1. The van der Waals surface area contributed by atoms with E-state index >= 15 is 0 Å². The van der Waals surface area contributed by atoms with Crippen molar-refractivity contribution in [2.45, 2.75) is 45.1 Å². The summed E-state index contributed by atoms with van der Waals surface area (Å²) in [6.07, 6.45) is 1.32. The normalized spacial score (nSPS) is 19.9. The Morgan fingerprint density at radius 2 is 2.04 bits per heavy atom. The number of hydrogen-bond acceptors (Lipinski definition) is 5. The van der Waals surface area contributed by atoms with Crippen LogP contribution in [-0.4, -0.2) is 41.8 Å². The zero-order valence-electron chi connectivity index (χ0n) is 16.8. The molecular weight excluding hydrogens is 356 g/mol. The molecular formula is C22H28N2O4. The molecule has 0 bridgehead atoms. The fraction of sp³-hybridized carbons (Fsp3) is 0.409. The molecule has 1 aliphatic heterocycles. The summed E-state index contributed by atoms with van der Waals surface area (Å²) in [4.78, 5) is 13.1. The molecule has 2 atom stereocenters. The number of amides is 1. The van der Waals surface area contributed by atoms with Gasteiger partial charge in [-0.25, -0.2) is 0 Å². The molecule has 0 aromatic heterocycles. The van der Waals surface area contributed by atoms with Gasteiger partial charge in [0.1, 0.15) is 17.2 Å². The average Bonchev–Trinajstić information content (AvgIpc) is 2.99. The molecule has 1 heterocycles. The summed E-state index contributed by atoms with van der Waals surface area (Å²) in [7, 11) is 1.67. The number of carbonyl (C=O) groups excluding carboxylic acids is 1. The van der Waals surface area contributed by atoms with E-state index in [-0.39, 0.29) is 17.9 Å². The summed E-state index contributed by atoms with van der Waals surface area (Å²) in [5.41, 5.74) is 2.13. The van der Waals surface area contributed by atoms with E-state index in [1.54, 1.807) is 19.2 Å². The van der Waals surface area contributed by atoms with Crippen LogP contribution in [0.4, 0.5) is 5.69 Å². The highest BCUT2D eigenvalue weighted by Crippen LogP contribution is 2.39. The van der Waals surface area contributed by atoms with Gasteiger partial charge >= 0.3 is 0 Å². The highest BCUT2D eigenvalue weighted by atomic mass is 16.5. The van der Waals surface area contributed by atoms with E-state index < -0.39 is 5.72 Å². The molecule has 6 heteroatoms. The van der Waals surface area contributed by atoms with Gasteiger partial charge in [-0.1, -0.05) is 18.2 Å². The maximum Gasteiger partial charge on any atom is 0.211 e. The Morgan fingerprint density at radius 1 is 1.32 bits per heavy atom. The number of phenols is 1. The minimum absolute atomic E-state index is 0.0397. The fourth-order valence-corrected chi connectivity index (χ4v) is 3.88. The number of rotatable bonds is 7. The standard InChI is InChI=1S/C22H28N2O4/c1-15(11-16-5-8-18(27-4)9-6-16)24-13-21(28-22(24,2)3)17-7-10-20(26)19(12-17)23-14-25/h5-10,12,14-15,21,26H,11,13H2,1-4H3,(H,23,25)/t15-,21+/m0/s1. The van der Waals surface area contributed by atoms with Crippen LogP contribution in [0.3, 0.4) is 0 Å². The summed E-state index contributed by atoms with van der Waals surface area (Å²) >= 11 is 0. The second-order valence-electron chi connectivity index (χ2n) is 7.65. The van der Waals surface area contributed by atoms with Crippen molar-refractivity contribution in [2.75, 3.05) is 19.0 Å². The smallest absolute Gasteiger partial charge is 0.211 e. The van der Waals surface area contributed by atoms with E-state index in [0.29, 0.717) is 12.1 Å². The Kier molecular flexibility index (Phi) is 5.91. The second kappa shape index (κ2) is 8.20. The molecule has 3 rings (SSSR count). The maximum atomic E-state index is 10.7. The van der Waals surface area contributed by atoms with Crippen molar-refractivity contribution in [1.29, 1.82) is 0 Å². The minimum atomic E-state index is -0.424. The number of nitrogens with zero attached hydrogens (tertiary/aromatic N) is 1. The van der Waals surface area contributed by atoms with Gasteiger partial charge in [-0.05, 0) is 62.6 Å². The first-order valence-electron chi connectivity index (χ1n) is 9.44. The lowest BCUT2D eigenvalue weighted by Gasteiger charge is -2.35. The maximum absolute atomic E-state index is 10.7. The van der Waals surface area contributed by atoms with E-state index in [1.807, 2.05) is 18.2 Å². The van der Waals surface area contributed by atoms with Gasteiger partial charge in [0.15, 0.2) is 0 Å². The average molecular weight is 384 g/mol. The van der Waals surface area contributed by atoms with E-state index in [1.165, 1.54) is 5.56 Å². The van der Waals surface area contributed by atoms with Gasteiger partial charge in [-0.3, -0.25) is 9.69 Å². The Morgan fingerprint density at radius 3 is 2.68 bits per heavy atom. The van der Waals surface area contributed by atoms with E-state index in [2.05, 4.69) is 43.1 Å². The molecule has 1 amide bonds. The first kappa shape index (κ1) is 20.2. The van der Waals surface area contributed by atoms with Gasteiger partial charge in [0.25, 0.3) is 0 Å². The molecule has 2 aromatic carbocycles. The van der Waals surface area contributed by atoms with Crippen LogP contribution in [0, 0.1) is 0 Å². The van der Waals surface area contributed by atoms with Crippen LogP contribution < -0.4 is 10.1 Å². The predicted molar refractivity (Wildman–Crippen MR) is 109 cm³/mol. The predicted octanol–water partition coefficient (Wildman–Crippen LogP) is 3.71. The van der Waals surface area contributed by atoms with Gasteiger partial charge in [0.2, 0.25) is 6.41 Å². The van der Waals surface area contributed by atoms with E-state index in [0.717, 1.165) is 24.3 Å². The van der Waals surface area contributed by atoms with Gasteiger partial charge in [-0.2, -0.15) is 0 Å². The molecule has 0 radical (unpaired) electrons. The van der Waals surface area contributed by atoms with Gasteiger partial charge in [0, 0.05) is 12.6 Å². The molecule has 150 valence electrons. The number of methoxy groups -OCH3 is 1. The Balaban J connectivity index is 1.74. The van der Waals surface area contributed by atoms with Crippen LogP contribution in [0.5, 0.6) is 11.5 Å². The zero-order valence-corrected chi connectivity index (χ0v) is 16.8. The van der Waals surface area contributed by atoms with Crippen LogP contribution >= 0.6 is 0 Å². The molecule has 28 heavy (non-hydrogen) atoms. The number of anilines is 1. The van der Waals surface area contributed by atoms with Crippen molar-refractivity contribution < 1.29 is 19.4 Å². The Labute approximate surface area is 166 Å². The van der Waals surface area contributed by atoms with Crippen molar-refractivity contribution in [2.24, 2.45) is 0 Å². The molecule has 2 N–H and O–H groups in total. The minimum Gasteiger partial charge on any atom is -0.506 e. The van der Waals surface area contributed by atoms with Crippen molar-refractivity contribution in [1.82, 2.24) is 4.90 Å². The third kappa shape index (κ3) is 4.29. The molecule has 2 aromatic rings. The molecule has 0 saturated carbocycles. The molecule has 1 aliphatic rings. The van der Waals surface area contributed by atoms with Crippen molar-refractivity contribution in [3.63, 3.8) is 0 Å². The lowest BCUT2D eigenvalue weighted by Crippen LogP contribution is -2.45. The number of aromatic hydroxyl groups is 1. The van der Waals surface area contributed by atoms with E-state index in [9.17, 15) is 9.90 Å². The van der Waals surface area contributed by atoms with Crippen LogP contribution in [0.1, 0.15) is 38.0 Å². The number of benzene rings is 2. The zero-order chi connectivity index (χ0) is 20.3. The Bertz CT molecular complexity index is 820. The highest BCUT2D eigenvalue weighted by Gasteiger charge is 2.42. The molecule has 6 nitrogen and oxygen atoms in total. The molecule has 1 fully saturated rings. The molecule has 1 saturated heterocycles. The van der Waals surface area contributed by atoms with Crippen LogP contribution in [-0.2, 0) is 16.0 Å². The lowest BCUT2D eigenvalue weighted by molar-refractivity contribution is -0.105. The van der Waals surface area contributed by atoms with Gasteiger partial charge in [0.05, 0.1) is 18.9 Å². The second-order valence-corrected chi connectivity index (χ2v) is 7.65. The topological polar surface area (TPSA) is 71.0 Å². The van der Waals surface area contributed by atoms with Crippen LogP contribution in [0.2, 0.25) is 0 Å². The molecule has 0 spiro atoms.